The molecule has 0 heterocycles. The zero-order chi connectivity index (χ0) is 16.0. The summed E-state index contributed by atoms with van der Waals surface area (Å²) in [6.45, 7) is 7.05. The quantitative estimate of drug-likeness (QED) is 0.182. The summed E-state index contributed by atoms with van der Waals surface area (Å²) >= 11 is 0. The van der Waals surface area contributed by atoms with Crippen molar-refractivity contribution in [3.63, 3.8) is 0 Å². The standard InChI is InChI=1S/C14H30.C4H9NO2/c1-3-5-7-9-11-13-14-12-10-8-6-4-2;1-2-3-4-7-5-6/h3-14H2,1-2H3;2-4H2,1H3. The molecule has 0 N–H and O–H groups in total. The summed E-state index contributed by atoms with van der Waals surface area (Å²) in [6, 6.07) is 0. The molecule has 0 saturated heterocycles. The van der Waals surface area contributed by atoms with Gasteiger partial charge in [0.1, 0.15) is 6.61 Å². The zero-order valence-corrected chi connectivity index (χ0v) is 14.9. The van der Waals surface area contributed by atoms with Crippen LogP contribution in [0.1, 0.15) is 111 Å². The van der Waals surface area contributed by atoms with Crippen molar-refractivity contribution in [3.8, 4) is 0 Å². The van der Waals surface area contributed by atoms with Crippen LogP contribution in [0.2, 0.25) is 0 Å². The molecule has 0 amide bonds. The van der Waals surface area contributed by atoms with Crippen molar-refractivity contribution < 1.29 is 4.84 Å². The van der Waals surface area contributed by atoms with E-state index in [1.165, 1.54) is 77.0 Å². The molecule has 0 atom stereocenters. The Hall–Kier alpha value is -0.600. The third-order valence-electron chi connectivity index (χ3n) is 3.60. The minimum atomic E-state index is 0.458. The predicted octanol–water partition coefficient (Wildman–Crippen LogP) is 7.19. The molecule has 0 aliphatic rings. The van der Waals surface area contributed by atoms with Crippen LogP contribution in [0.3, 0.4) is 0 Å². The smallest absolute Gasteiger partial charge is 0.155 e. The van der Waals surface area contributed by atoms with Crippen molar-refractivity contribution in [1.82, 2.24) is 0 Å². The van der Waals surface area contributed by atoms with Gasteiger partial charge in [0.15, 0.2) is 5.34 Å². The van der Waals surface area contributed by atoms with E-state index in [9.17, 15) is 4.91 Å². The van der Waals surface area contributed by atoms with E-state index >= 15 is 0 Å². The molecule has 0 fully saturated rings. The zero-order valence-electron chi connectivity index (χ0n) is 14.9. The van der Waals surface area contributed by atoms with Gasteiger partial charge in [-0.3, -0.25) is 0 Å². The summed E-state index contributed by atoms with van der Waals surface area (Å²) in [6.07, 6.45) is 19.4. The van der Waals surface area contributed by atoms with Gasteiger partial charge < -0.3 is 4.84 Å². The van der Waals surface area contributed by atoms with Gasteiger partial charge in [0.05, 0.1) is 0 Å². The highest BCUT2D eigenvalue weighted by molar-refractivity contribution is 4.47. The van der Waals surface area contributed by atoms with Crippen LogP contribution in [0.4, 0.5) is 0 Å². The second-order valence-corrected chi connectivity index (χ2v) is 5.80. The lowest BCUT2D eigenvalue weighted by Gasteiger charge is -2.01. The average molecular weight is 302 g/mol. The van der Waals surface area contributed by atoms with E-state index in [4.69, 9.17) is 0 Å². The maximum atomic E-state index is 9.21. The summed E-state index contributed by atoms with van der Waals surface area (Å²) in [7, 11) is 0. The first-order chi connectivity index (χ1) is 10.3. The van der Waals surface area contributed by atoms with Crippen molar-refractivity contribution in [2.24, 2.45) is 5.34 Å². The van der Waals surface area contributed by atoms with Crippen LogP contribution in [0.15, 0.2) is 5.34 Å². The van der Waals surface area contributed by atoms with Crippen LogP contribution < -0.4 is 0 Å². The molecule has 3 heteroatoms. The van der Waals surface area contributed by atoms with Crippen molar-refractivity contribution in [2.45, 2.75) is 111 Å². The molecule has 21 heavy (non-hydrogen) atoms. The number of hydrogen-bond donors (Lipinski definition) is 0. The fourth-order valence-electron chi connectivity index (χ4n) is 2.16. The van der Waals surface area contributed by atoms with E-state index < -0.39 is 0 Å². The molecular weight excluding hydrogens is 262 g/mol. The maximum absolute atomic E-state index is 9.21. The Kier molecular flexibility index (Phi) is 26.4. The third-order valence-corrected chi connectivity index (χ3v) is 3.60. The minimum Gasteiger partial charge on any atom is -0.364 e. The lowest BCUT2D eigenvalue weighted by atomic mass is 10.1. The molecule has 0 spiro atoms. The Morgan fingerprint density at radius 3 is 1.19 bits per heavy atom. The van der Waals surface area contributed by atoms with Crippen LogP contribution >= 0.6 is 0 Å². The molecule has 0 aromatic rings. The fourth-order valence-corrected chi connectivity index (χ4v) is 2.16. The third kappa shape index (κ3) is 28.3. The largest absolute Gasteiger partial charge is 0.364 e. The van der Waals surface area contributed by atoms with E-state index in [-0.39, 0.29) is 0 Å². The molecule has 0 unspecified atom stereocenters. The van der Waals surface area contributed by atoms with Crippen LogP contribution in [0.5, 0.6) is 0 Å². The van der Waals surface area contributed by atoms with Gasteiger partial charge in [-0.25, -0.2) is 0 Å². The summed E-state index contributed by atoms with van der Waals surface area (Å²) in [5.74, 6) is 0. The van der Waals surface area contributed by atoms with Gasteiger partial charge in [-0.1, -0.05) is 104 Å². The van der Waals surface area contributed by atoms with Gasteiger partial charge in [-0.15, -0.1) is 4.91 Å². The van der Waals surface area contributed by atoms with Gasteiger partial charge in [0.2, 0.25) is 0 Å². The number of unbranched alkanes of at least 4 members (excludes halogenated alkanes) is 12. The first kappa shape index (κ1) is 22.7. The lowest BCUT2D eigenvalue weighted by molar-refractivity contribution is 0.136. The van der Waals surface area contributed by atoms with Crippen molar-refractivity contribution in [1.29, 1.82) is 0 Å². The van der Waals surface area contributed by atoms with Gasteiger partial charge in [-0.05, 0) is 6.42 Å². The molecule has 0 bridgehead atoms. The first-order valence-corrected chi connectivity index (χ1v) is 9.28. The average Bonchev–Trinajstić information content (AvgIpc) is 2.50. The Balaban J connectivity index is 0. The molecule has 3 nitrogen and oxygen atoms in total. The Labute approximate surface area is 133 Å². The van der Waals surface area contributed by atoms with Gasteiger partial charge in [-0.2, -0.15) is 0 Å². The fraction of sp³-hybridized carbons (Fsp3) is 1.00. The highest BCUT2D eigenvalue weighted by Crippen LogP contribution is 2.11. The molecule has 0 aliphatic heterocycles. The van der Waals surface area contributed by atoms with Crippen molar-refractivity contribution >= 4 is 0 Å². The van der Waals surface area contributed by atoms with Crippen LogP contribution in [-0.4, -0.2) is 6.61 Å². The van der Waals surface area contributed by atoms with E-state index in [1.807, 2.05) is 6.92 Å². The Bertz CT molecular complexity index is 163. The second-order valence-electron chi connectivity index (χ2n) is 5.80. The molecule has 0 saturated carbocycles. The highest BCUT2D eigenvalue weighted by atomic mass is 16.7. The Morgan fingerprint density at radius 2 is 0.905 bits per heavy atom. The monoisotopic (exact) mass is 301 g/mol. The minimum absolute atomic E-state index is 0.458. The topological polar surface area (TPSA) is 38.7 Å². The van der Waals surface area contributed by atoms with E-state index in [2.05, 4.69) is 24.0 Å². The lowest BCUT2D eigenvalue weighted by Crippen LogP contribution is -1.83. The Morgan fingerprint density at radius 1 is 0.571 bits per heavy atom. The van der Waals surface area contributed by atoms with Gasteiger partial charge >= 0.3 is 0 Å². The summed E-state index contributed by atoms with van der Waals surface area (Å²) in [5.41, 5.74) is 0. The van der Waals surface area contributed by atoms with Crippen molar-refractivity contribution in [3.05, 3.63) is 4.91 Å². The normalized spacial score (nSPS) is 9.86. The number of rotatable bonds is 15. The van der Waals surface area contributed by atoms with Crippen LogP contribution in [-0.2, 0) is 4.84 Å². The number of nitrogens with zero attached hydrogens (tertiary/aromatic N) is 1. The summed E-state index contributed by atoms with van der Waals surface area (Å²) < 4.78 is 0. The molecule has 128 valence electrons. The van der Waals surface area contributed by atoms with E-state index in [1.54, 1.807) is 0 Å². The van der Waals surface area contributed by atoms with Gasteiger partial charge in [0, 0.05) is 0 Å². The molecule has 0 aliphatic carbocycles. The molecular formula is C18H39NO2. The van der Waals surface area contributed by atoms with E-state index in [0.29, 0.717) is 6.61 Å². The molecule has 0 radical (unpaired) electrons. The second kappa shape index (κ2) is 24.4. The van der Waals surface area contributed by atoms with Crippen LogP contribution in [0.25, 0.3) is 0 Å². The SMILES string of the molecule is CCCCCCCCCCCCCC.CCCCON=O. The molecule has 0 aromatic carbocycles. The predicted molar refractivity (Wildman–Crippen MR) is 93.4 cm³/mol. The summed E-state index contributed by atoms with van der Waals surface area (Å²) in [4.78, 5) is 13.4. The van der Waals surface area contributed by atoms with Crippen LogP contribution in [0, 0.1) is 4.91 Å². The summed E-state index contributed by atoms with van der Waals surface area (Å²) in [5, 5.41) is 2.22. The maximum Gasteiger partial charge on any atom is 0.155 e. The van der Waals surface area contributed by atoms with Gasteiger partial charge in [0.25, 0.3) is 0 Å². The first-order valence-electron chi connectivity index (χ1n) is 9.28. The molecule has 0 rings (SSSR count). The van der Waals surface area contributed by atoms with E-state index in [0.717, 1.165) is 12.8 Å². The number of hydrogen-bond acceptors (Lipinski definition) is 3. The highest BCUT2D eigenvalue weighted by Gasteiger charge is 1.91. The van der Waals surface area contributed by atoms with Crippen molar-refractivity contribution in [2.75, 3.05) is 6.61 Å². The molecule has 0 aromatic heterocycles.